The maximum Gasteiger partial charge on any atom is 0.291 e. The van der Waals surface area contributed by atoms with Crippen molar-refractivity contribution >= 4 is 27.0 Å². The Kier molecular flexibility index (Phi) is 4.50. The van der Waals surface area contributed by atoms with Crippen LogP contribution < -0.4 is 10.4 Å². The van der Waals surface area contributed by atoms with Crippen LogP contribution in [0.3, 0.4) is 0 Å². The lowest BCUT2D eigenvalue weighted by atomic mass is 10.4. The highest BCUT2D eigenvalue weighted by Crippen LogP contribution is 2.14. The van der Waals surface area contributed by atoms with Gasteiger partial charge in [-0.3, -0.25) is 0 Å². The van der Waals surface area contributed by atoms with Crippen LogP contribution >= 0.6 is 0 Å². The van der Waals surface area contributed by atoms with Crippen molar-refractivity contribution in [3.63, 3.8) is 0 Å². The van der Waals surface area contributed by atoms with Gasteiger partial charge >= 0.3 is 0 Å². The fraction of sp³-hybridized carbons (Fsp3) is 0.111. The lowest BCUT2D eigenvalue weighted by Crippen LogP contribution is -2.59. The van der Waals surface area contributed by atoms with Crippen LogP contribution in [-0.2, 0) is 4.12 Å². The molecule has 0 fully saturated rings. The van der Waals surface area contributed by atoms with Gasteiger partial charge in [0.25, 0.3) is 16.6 Å². The Labute approximate surface area is 129 Å². The average Bonchev–Trinajstić information content (AvgIpc) is 2.56. The molecule has 21 heavy (non-hydrogen) atoms. The fourth-order valence-electron chi connectivity index (χ4n) is 2.26. The number of hydrogen-bond acceptors (Lipinski definition) is 1. The van der Waals surface area contributed by atoms with Crippen LogP contribution in [0.5, 0.6) is 0 Å². The first kappa shape index (κ1) is 15.3. The molecule has 2 atom stereocenters. The van der Waals surface area contributed by atoms with Crippen molar-refractivity contribution in [2.75, 3.05) is 0 Å². The number of benzene rings is 2. The summed E-state index contributed by atoms with van der Waals surface area (Å²) in [6, 6.07) is 20.0. The second-order valence-electron chi connectivity index (χ2n) is 5.19. The third-order valence-electron chi connectivity index (χ3n) is 3.61. The Hall–Kier alpha value is -2.05. The van der Waals surface area contributed by atoms with Gasteiger partial charge in [-0.1, -0.05) is 71.8 Å². The van der Waals surface area contributed by atoms with Crippen LogP contribution in [0.15, 0.2) is 60.7 Å². The Balaban J connectivity index is 2.42. The molecule has 104 valence electrons. The minimum Gasteiger partial charge on any atom is -0.431 e. The molecule has 1 nitrogen and oxygen atoms in total. The van der Waals surface area contributed by atoms with Gasteiger partial charge in [-0.2, -0.15) is 0 Å². The molecule has 2 rings (SSSR count). The highest BCUT2D eigenvalue weighted by Gasteiger charge is 2.40. The monoisotopic (exact) mass is 306 g/mol. The molecular formula is C18H18OSi2. The third kappa shape index (κ3) is 3.17. The van der Waals surface area contributed by atoms with E-state index in [1.807, 2.05) is 73.8 Å². The summed E-state index contributed by atoms with van der Waals surface area (Å²) in [5.41, 5.74) is 5.82. The zero-order valence-electron chi connectivity index (χ0n) is 12.3. The van der Waals surface area contributed by atoms with E-state index in [0.29, 0.717) is 0 Å². The van der Waals surface area contributed by atoms with E-state index in [1.165, 1.54) is 0 Å². The fourth-order valence-corrected chi connectivity index (χ4v) is 8.93. The molecular weight excluding hydrogens is 288 g/mol. The average molecular weight is 307 g/mol. The van der Waals surface area contributed by atoms with Crippen molar-refractivity contribution in [2.45, 2.75) is 13.1 Å². The van der Waals surface area contributed by atoms with Gasteiger partial charge in [0.05, 0.1) is 0 Å². The summed E-state index contributed by atoms with van der Waals surface area (Å²) >= 11 is 0. The predicted molar refractivity (Wildman–Crippen MR) is 94.1 cm³/mol. The standard InChI is InChI=1S/C18H18OSi2/c1-5-20(3,17-13-9-7-10-14-17)19-21(4,6-2)18-15-11-8-12-16-18/h1-2,7-16H,3-4H3. The Bertz CT molecular complexity index is 623. The predicted octanol–water partition coefficient (Wildman–Crippen LogP) is 2.31. The van der Waals surface area contributed by atoms with Crippen molar-refractivity contribution < 1.29 is 4.12 Å². The highest BCUT2D eigenvalue weighted by atomic mass is 28.4. The van der Waals surface area contributed by atoms with Crippen LogP contribution in [0.1, 0.15) is 0 Å². The lowest BCUT2D eigenvalue weighted by molar-refractivity contribution is 0.590. The topological polar surface area (TPSA) is 9.23 Å². The number of rotatable bonds is 4. The second-order valence-corrected chi connectivity index (χ2v) is 11.9. The molecule has 0 aromatic heterocycles. The minimum absolute atomic E-state index is 1.08. The Morgan fingerprint density at radius 2 is 1.05 bits per heavy atom. The molecule has 0 heterocycles. The van der Waals surface area contributed by atoms with Crippen molar-refractivity contribution in [3.8, 4) is 23.9 Å². The Morgan fingerprint density at radius 1 is 0.714 bits per heavy atom. The van der Waals surface area contributed by atoms with E-state index in [9.17, 15) is 0 Å². The molecule has 2 unspecified atom stereocenters. The van der Waals surface area contributed by atoms with Gasteiger partial charge in [-0.25, -0.2) is 0 Å². The zero-order chi connectivity index (χ0) is 15.3. The summed E-state index contributed by atoms with van der Waals surface area (Å²) in [4.78, 5) is 0. The molecule has 2 aromatic rings. The molecule has 2 aromatic carbocycles. The van der Waals surface area contributed by atoms with Gasteiger partial charge in [-0.15, -0.1) is 12.8 Å². The van der Waals surface area contributed by atoms with Crippen molar-refractivity contribution in [3.05, 3.63) is 60.7 Å². The van der Waals surface area contributed by atoms with Gasteiger partial charge in [0.2, 0.25) is 0 Å². The molecule has 0 N–H and O–H groups in total. The van der Waals surface area contributed by atoms with Gasteiger partial charge in [-0.05, 0) is 23.5 Å². The van der Waals surface area contributed by atoms with Crippen LogP contribution in [-0.4, -0.2) is 16.6 Å². The smallest absolute Gasteiger partial charge is 0.291 e. The number of hydrogen-bond donors (Lipinski definition) is 0. The third-order valence-corrected chi connectivity index (χ3v) is 10.8. The summed E-state index contributed by atoms with van der Waals surface area (Å²) < 4.78 is 6.50. The SMILES string of the molecule is C#C[Si](C)(O[Si](C)(C#C)c1ccccc1)c1ccccc1. The molecule has 0 amide bonds. The second kappa shape index (κ2) is 6.16. The van der Waals surface area contributed by atoms with Gasteiger partial charge in [0, 0.05) is 0 Å². The lowest BCUT2D eigenvalue weighted by Gasteiger charge is -2.32. The van der Waals surface area contributed by atoms with Crippen molar-refractivity contribution in [2.24, 2.45) is 0 Å². The largest absolute Gasteiger partial charge is 0.431 e. The van der Waals surface area contributed by atoms with Crippen LogP contribution in [0, 0.1) is 23.9 Å². The summed E-state index contributed by atoms with van der Waals surface area (Å²) in [5, 5.41) is 2.16. The van der Waals surface area contributed by atoms with Crippen LogP contribution in [0.4, 0.5) is 0 Å². The van der Waals surface area contributed by atoms with E-state index in [2.05, 4.69) is 11.1 Å². The molecule has 0 saturated heterocycles. The summed E-state index contributed by atoms with van der Waals surface area (Å²) in [6.07, 6.45) is 11.6. The van der Waals surface area contributed by atoms with E-state index < -0.39 is 16.6 Å². The summed E-state index contributed by atoms with van der Waals surface area (Å²) in [5.74, 6) is 0. The molecule has 0 spiro atoms. The van der Waals surface area contributed by atoms with Gasteiger partial charge in [0.1, 0.15) is 0 Å². The van der Waals surface area contributed by atoms with E-state index >= 15 is 0 Å². The molecule has 0 aliphatic carbocycles. The number of terminal acetylenes is 2. The van der Waals surface area contributed by atoms with Crippen LogP contribution in [0.25, 0.3) is 0 Å². The quantitative estimate of drug-likeness (QED) is 0.622. The first-order chi connectivity index (χ1) is 10.0. The van der Waals surface area contributed by atoms with E-state index in [1.54, 1.807) is 0 Å². The highest BCUT2D eigenvalue weighted by molar-refractivity contribution is 7.04. The first-order valence-electron chi connectivity index (χ1n) is 6.81. The normalized spacial score (nSPS) is 16.0. The summed E-state index contributed by atoms with van der Waals surface area (Å²) in [7, 11) is -4.98. The Morgan fingerprint density at radius 3 is 1.33 bits per heavy atom. The maximum atomic E-state index is 6.50. The van der Waals surface area contributed by atoms with Gasteiger partial charge < -0.3 is 4.12 Å². The molecule has 0 aliphatic heterocycles. The minimum atomic E-state index is -2.49. The molecule has 0 aliphatic rings. The van der Waals surface area contributed by atoms with Crippen molar-refractivity contribution in [1.82, 2.24) is 0 Å². The summed E-state index contributed by atoms with van der Waals surface area (Å²) in [6.45, 7) is 4.07. The molecule has 0 bridgehead atoms. The van der Waals surface area contributed by atoms with E-state index in [4.69, 9.17) is 17.0 Å². The molecule has 3 heteroatoms. The maximum absolute atomic E-state index is 6.50. The van der Waals surface area contributed by atoms with Crippen molar-refractivity contribution in [1.29, 1.82) is 0 Å². The molecule has 0 radical (unpaired) electrons. The first-order valence-corrected chi connectivity index (χ1v) is 11.6. The zero-order valence-corrected chi connectivity index (χ0v) is 14.3. The van der Waals surface area contributed by atoms with Gasteiger partial charge in [0.15, 0.2) is 0 Å². The van der Waals surface area contributed by atoms with E-state index in [0.717, 1.165) is 10.4 Å². The molecule has 0 saturated carbocycles. The van der Waals surface area contributed by atoms with Crippen LogP contribution in [0.2, 0.25) is 13.1 Å². The van der Waals surface area contributed by atoms with E-state index in [-0.39, 0.29) is 0 Å².